The number of nitrogens with zero attached hydrogens (tertiary/aromatic N) is 3. The number of ether oxygens (including phenoxy) is 1. The second-order valence-corrected chi connectivity index (χ2v) is 8.31. The molecule has 6 nitrogen and oxygen atoms in total. The zero-order chi connectivity index (χ0) is 21.1. The van der Waals surface area contributed by atoms with E-state index in [2.05, 4.69) is 10.5 Å². The van der Waals surface area contributed by atoms with E-state index in [1.807, 2.05) is 40.3 Å². The molecule has 2 aromatic carbocycles. The Labute approximate surface area is 186 Å². The molecule has 1 fully saturated rings. The quantitative estimate of drug-likeness (QED) is 0.714. The van der Waals surface area contributed by atoms with Gasteiger partial charge in [-0.1, -0.05) is 41.8 Å². The number of hydrogen-bond acceptors (Lipinski definition) is 5. The summed E-state index contributed by atoms with van der Waals surface area (Å²) in [6.45, 7) is 1.74. The molecule has 0 aromatic heterocycles. The van der Waals surface area contributed by atoms with Crippen LogP contribution in [-0.2, 0) is 4.79 Å². The number of carbonyl (C=O) groups is 1. The van der Waals surface area contributed by atoms with Crippen molar-refractivity contribution in [2.24, 2.45) is 5.10 Å². The van der Waals surface area contributed by atoms with Crippen LogP contribution in [-0.4, -0.2) is 36.8 Å². The molecule has 0 aliphatic carbocycles. The van der Waals surface area contributed by atoms with Crippen LogP contribution in [0.1, 0.15) is 37.3 Å². The van der Waals surface area contributed by atoms with Gasteiger partial charge in [0, 0.05) is 24.5 Å². The summed E-state index contributed by atoms with van der Waals surface area (Å²) < 4.78 is 5.27. The lowest BCUT2D eigenvalue weighted by Crippen LogP contribution is -2.47. The van der Waals surface area contributed by atoms with E-state index in [4.69, 9.17) is 27.9 Å². The highest BCUT2D eigenvalue weighted by molar-refractivity contribution is 6.40. The summed E-state index contributed by atoms with van der Waals surface area (Å²) in [4.78, 5) is 12.9. The standard InChI is InChI=1S/C22H24Cl2N4O2/c1-30-17-8-5-15(6-9-17)21-14-19(22(29)26-27-11-3-2-4-12-27)25-28(21)20-10-7-16(23)13-18(20)24/h5-10,13,21H,2-4,11-12,14H2,1H3,(H,26,29). The first kappa shape index (κ1) is 21.0. The molecule has 30 heavy (non-hydrogen) atoms. The summed E-state index contributed by atoms with van der Waals surface area (Å²) in [5.74, 6) is 0.611. The van der Waals surface area contributed by atoms with Crippen LogP contribution in [0.3, 0.4) is 0 Å². The van der Waals surface area contributed by atoms with E-state index < -0.39 is 0 Å². The number of benzene rings is 2. The van der Waals surface area contributed by atoms with Crippen LogP contribution >= 0.6 is 23.2 Å². The maximum absolute atomic E-state index is 12.9. The predicted molar refractivity (Wildman–Crippen MR) is 120 cm³/mol. The normalized spacial score (nSPS) is 19.5. The Morgan fingerprint density at radius 3 is 2.50 bits per heavy atom. The van der Waals surface area contributed by atoms with E-state index in [-0.39, 0.29) is 11.9 Å². The molecule has 158 valence electrons. The number of amides is 1. The number of carbonyl (C=O) groups excluding carboxylic acids is 1. The first-order valence-electron chi connectivity index (χ1n) is 10.1. The molecule has 1 atom stereocenters. The molecule has 1 N–H and O–H groups in total. The van der Waals surface area contributed by atoms with Crippen molar-refractivity contribution in [2.75, 3.05) is 25.2 Å². The van der Waals surface area contributed by atoms with Crippen molar-refractivity contribution in [1.29, 1.82) is 0 Å². The lowest BCUT2D eigenvalue weighted by Gasteiger charge is -2.26. The summed E-state index contributed by atoms with van der Waals surface area (Å²) in [6, 6.07) is 12.9. The maximum atomic E-state index is 12.9. The highest BCUT2D eigenvalue weighted by atomic mass is 35.5. The van der Waals surface area contributed by atoms with Gasteiger partial charge in [0.2, 0.25) is 0 Å². The number of anilines is 1. The Bertz CT molecular complexity index is 943. The summed E-state index contributed by atoms with van der Waals surface area (Å²) in [7, 11) is 1.64. The molecule has 1 unspecified atom stereocenters. The first-order chi connectivity index (χ1) is 14.5. The molecular weight excluding hydrogens is 423 g/mol. The highest BCUT2D eigenvalue weighted by Gasteiger charge is 2.34. The molecule has 0 saturated carbocycles. The van der Waals surface area contributed by atoms with E-state index in [9.17, 15) is 4.79 Å². The number of hydrogen-bond donors (Lipinski definition) is 1. The maximum Gasteiger partial charge on any atom is 0.281 e. The van der Waals surface area contributed by atoms with Crippen molar-refractivity contribution < 1.29 is 9.53 Å². The van der Waals surface area contributed by atoms with Gasteiger partial charge in [0.05, 0.1) is 23.9 Å². The van der Waals surface area contributed by atoms with Gasteiger partial charge in [0.1, 0.15) is 11.5 Å². The molecular formula is C22H24Cl2N4O2. The van der Waals surface area contributed by atoms with Gasteiger partial charge in [-0.15, -0.1) is 0 Å². The van der Waals surface area contributed by atoms with E-state index in [0.717, 1.165) is 37.2 Å². The van der Waals surface area contributed by atoms with Crippen molar-refractivity contribution in [3.05, 3.63) is 58.1 Å². The Kier molecular flexibility index (Phi) is 6.46. The number of rotatable bonds is 5. The van der Waals surface area contributed by atoms with Crippen LogP contribution in [0, 0.1) is 0 Å². The second-order valence-electron chi connectivity index (χ2n) is 7.47. The smallest absolute Gasteiger partial charge is 0.281 e. The minimum atomic E-state index is -0.164. The largest absolute Gasteiger partial charge is 0.497 e. The van der Waals surface area contributed by atoms with E-state index in [1.54, 1.807) is 19.2 Å². The summed E-state index contributed by atoms with van der Waals surface area (Å²) in [6.07, 6.45) is 3.86. The molecule has 2 aliphatic heterocycles. The average Bonchev–Trinajstić information content (AvgIpc) is 3.20. The van der Waals surface area contributed by atoms with Gasteiger partial charge < -0.3 is 4.74 Å². The predicted octanol–water partition coefficient (Wildman–Crippen LogP) is 4.83. The molecule has 1 saturated heterocycles. The fraction of sp³-hybridized carbons (Fsp3) is 0.364. The molecule has 4 rings (SSSR count). The zero-order valence-corrected chi connectivity index (χ0v) is 18.3. The number of piperidine rings is 1. The third kappa shape index (κ3) is 4.56. The Morgan fingerprint density at radius 2 is 1.83 bits per heavy atom. The van der Waals surface area contributed by atoms with Crippen molar-refractivity contribution >= 4 is 40.5 Å². The molecule has 2 aliphatic rings. The lowest BCUT2D eigenvalue weighted by atomic mass is 10.0. The topological polar surface area (TPSA) is 57.2 Å². The SMILES string of the molecule is COc1ccc(C2CC(C(=O)NN3CCCCC3)=NN2c2ccc(Cl)cc2Cl)cc1. The van der Waals surface area contributed by atoms with Gasteiger partial charge in [-0.25, -0.2) is 5.01 Å². The monoisotopic (exact) mass is 446 g/mol. The number of hydrazone groups is 1. The van der Waals surface area contributed by atoms with Crippen molar-refractivity contribution in [3.8, 4) is 5.75 Å². The first-order valence-corrected chi connectivity index (χ1v) is 10.8. The number of nitrogens with one attached hydrogen (secondary N) is 1. The van der Waals surface area contributed by atoms with Crippen LogP contribution < -0.4 is 15.2 Å². The second kappa shape index (κ2) is 9.25. The fourth-order valence-corrected chi connectivity index (χ4v) is 4.33. The molecule has 2 aromatic rings. The van der Waals surface area contributed by atoms with Crippen LogP contribution in [0.5, 0.6) is 5.75 Å². The number of hydrazine groups is 1. The lowest BCUT2D eigenvalue weighted by molar-refractivity contribution is -0.119. The molecule has 1 amide bonds. The van der Waals surface area contributed by atoms with E-state index in [0.29, 0.717) is 27.9 Å². The van der Waals surface area contributed by atoms with Crippen LogP contribution in [0.25, 0.3) is 0 Å². The minimum absolute atomic E-state index is 0.156. The van der Waals surface area contributed by atoms with Crippen molar-refractivity contribution in [1.82, 2.24) is 10.4 Å². The molecule has 8 heteroatoms. The van der Waals surface area contributed by atoms with Crippen molar-refractivity contribution in [2.45, 2.75) is 31.7 Å². The van der Waals surface area contributed by atoms with Gasteiger partial charge in [-0.3, -0.25) is 15.2 Å². The minimum Gasteiger partial charge on any atom is -0.497 e. The molecule has 0 bridgehead atoms. The average molecular weight is 447 g/mol. The van der Waals surface area contributed by atoms with Gasteiger partial charge >= 0.3 is 0 Å². The number of methoxy groups -OCH3 is 1. The molecule has 0 spiro atoms. The van der Waals surface area contributed by atoms with Crippen LogP contribution in [0.2, 0.25) is 10.0 Å². The van der Waals surface area contributed by atoms with Crippen LogP contribution in [0.15, 0.2) is 47.6 Å². The third-order valence-electron chi connectivity index (χ3n) is 5.45. The summed E-state index contributed by atoms with van der Waals surface area (Å²) in [5, 5.41) is 9.50. The molecule has 0 radical (unpaired) electrons. The Morgan fingerprint density at radius 1 is 1.10 bits per heavy atom. The van der Waals surface area contributed by atoms with Gasteiger partial charge in [-0.2, -0.15) is 5.10 Å². The Balaban J connectivity index is 1.62. The van der Waals surface area contributed by atoms with Gasteiger partial charge in [0.15, 0.2) is 0 Å². The van der Waals surface area contributed by atoms with Gasteiger partial charge in [-0.05, 0) is 48.7 Å². The summed E-state index contributed by atoms with van der Waals surface area (Å²) >= 11 is 12.5. The van der Waals surface area contributed by atoms with E-state index >= 15 is 0 Å². The fourth-order valence-electron chi connectivity index (χ4n) is 3.84. The van der Waals surface area contributed by atoms with Crippen LogP contribution in [0.4, 0.5) is 5.69 Å². The zero-order valence-electron chi connectivity index (χ0n) is 16.8. The summed E-state index contributed by atoms with van der Waals surface area (Å²) in [5.41, 5.74) is 5.22. The third-order valence-corrected chi connectivity index (χ3v) is 5.98. The molecule has 2 heterocycles. The van der Waals surface area contributed by atoms with E-state index in [1.165, 1.54) is 6.42 Å². The van der Waals surface area contributed by atoms with Crippen molar-refractivity contribution in [3.63, 3.8) is 0 Å². The highest BCUT2D eigenvalue weighted by Crippen LogP contribution is 2.40. The number of halogens is 2. The van der Waals surface area contributed by atoms with Gasteiger partial charge in [0.25, 0.3) is 5.91 Å². The Hall–Kier alpha value is -2.28.